The van der Waals surface area contributed by atoms with Crippen LogP contribution in [0.4, 0.5) is 0 Å². The van der Waals surface area contributed by atoms with Crippen LogP contribution in [0.2, 0.25) is 0 Å². The summed E-state index contributed by atoms with van der Waals surface area (Å²) in [7, 11) is 1.58. The highest BCUT2D eigenvalue weighted by Gasteiger charge is 2.13. The van der Waals surface area contributed by atoms with E-state index in [1.54, 1.807) is 36.3 Å². The molecule has 0 spiro atoms. The fourth-order valence-corrected chi connectivity index (χ4v) is 3.02. The highest BCUT2D eigenvalue weighted by molar-refractivity contribution is 5.98. The third kappa shape index (κ3) is 5.37. The Morgan fingerprint density at radius 3 is 2.37 bits per heavy atom. The Kier molecular flexibility index (Phi) is 7.57. The number of nitrogens with two attached hydrogens (primary N) is 2. The molecule has 0 bridgehead atoms. The molecule has 3 aromatic rings. The molecule has 2 amide bonds. The number of hydrogen-bond acceptors (Lipinski definition) is 5. The Hall–Kier alpha value is -3.36. The predicted octanol–water partition coefficient (Wildman–Crippen LogP) is 2.50. The number of benzene rings is 1. The van der Waals surface area contributed by atoms with Crippen molar-refractivity contribution in [3.05, 3.63) is 41.5 Å². The molecule has 3 rings (SSSR count). The summed E-state index contributed by atoms with van der Waals surface area (Å²) in [6.45, 7) is 9.66. The highest BCUT2D eigenvalue weighted by Crippen LogP contribution is 2.27. The molecule has 9 nitrogen and oxygen atoms in total. The van der Waals surface area contributed by atoms with Gasteiger partial charge in [-0.1, -0.05) is 13.8 Å². The molecule has 2 aromatic heterocycles. The largest absolute Gasteiger partial charge is 0.494 e. The summed E-state index contributed by atoms with van der Waals surface area (Å²) in [5, 5.41) is 4.07. The number of primary amides is 2. The number of nitrogens with zero attached hydrogens (tertiary/aromatic N) is 4. The zero-order valence-corrected chi connectivity index (χ0v) is 18.2. The van der Waals surface area contributed by atoms with Crippen molar-refractivity contribution in [2.45, 2.75) is 47.2 Å². The molecule has 9 heteroatoms. The smallest absolute Gasteiger partial charge is 0.266 e. The van der Waals surface area contributed by atoms with Crippen LogP contribution in [0, 0.1) is 12.8 Å². The van der Waals surface area contributed by atoms with Crippen LogP contribution in [0.15, 0.2) is 24.5 Å². The van der Waals surface area contributed by atoms with Crippen molar-refractivity contribution in [2.24, 2.45) is 17.4 Å². The first-order valence-corrected chi connectivity index (χ1v) is 9.84. The van der Waals surface area contributed by atoms with Gasteiger partial charge in [-0.3, -0.25) is 14.3 Å². The molecule has 0 unspecified atom stereocenters. The molecule has 30 heavy (non-hydrogen) atoms. The van der Waals surface area contributed by atoms with Gasteiger partial charge in [0.2, 0.25) is 5.91 Å². The van der Waals surface area contributed by atoms with Gasteiger partial charge >= 0.3 is 0 Å². The van der Waals surface area contributed by atoms with Crippen molar-refractivity contribution < 1.29 is 14.3 Å². The molecule has 0 saturated carbocycles. The molecule has 0 aliphatic heterocycles. The van der Waals surface area contributed by atoms with Gasteiger partial charge in [-0.05, 0) is 44.4 Å². The lowest BCUT2D eigenvalue weighted by molar-refractivity contribution is 0.0985. The predicted molar refractivity (Wildman–Crippen MR) is 115 cm³/mol. The number of aryl methyl sites for hydroxylation is 3. The number of imidazole rings is 1. The summed E-state index contributed by atoms with van der Waals surface area (Å²) in [4.78, 5) is 26.3. The third-order valence-electron chi connectivity index (χ3n) is 4.58. The lowest BCUT2D eigenvalue weighted by atomic mass is 10.1. The number of amides is 2. The van der Waals surface area contributed by atoms with Gasteiger partial charge in [0.15, 0.2) is 0 Å². The van der Waals surface area contributed by atoms with E-state index in [-0.39, 0.29) is 0 Å². The molecule has 0 saturated heterocycles. The quantitative estimate of drug-likeness (QED) is 0.613. The minimum atomic E-state index is -0.475. The van der Waals surface area contributed by atoms with Crippen LogP contribution in [0.3, 0.4) is 0 Å². The van der Waals surface area contributed by atoms with E-state index < -0.39 is 11.8 Å². The second-order valence-corrected chi connectivity index (χ2v) is 7.38. The number of methoxy groups -OCH3 is 1. The molecule has 4 N–H and O–H groups in total. The number of fused-ring (bicyclic) bond motifs is 1. The Morgan fingerprint density at radius 1 is 1.17 bits per heavy atom. The van der Waals surface area contributed by atoms with Gasteiger partial charge in [0.05, 0.1) is 24.6 Å². The van der Waals surface area contributed by atoms with Gasteiger partial charge in [-0.15, -0.1) is 0 Å². The topological polar surface area (TPSA) is 131 Å². The maximum absolute atomic E-state index is 11.3. The van der Waals surface area contributed by atoms with Crippen LogP contribution in [-0.2, 0) is 13.1 Å². The van der Waals surface area contributed by atoms with Gasteiger partial charge in [0.1, 0.15) is 17.0 Å². The van der Waals surface area contributed by atoms with E-state index in [4.69, 9.17) is 16.2 Å². The molecular formula is C21H30N6O3. The van der Waals surface area contributed by atoms with Crippen molar-refractivity contribution in [1.29, 1.82) is 0 Å². The lowest BCUT2D eigenvalue weighted by Crippen LogP contribution is -2.16. The normalized spacial score (nSPS) is 10.7. The first-order chi connectivity index (χ1) is 14.2. The molecule has 162 valence electrons. The molecule has 0 aliphatic rings. The standard InChI is InChI=1S/C14H19N3O2.C7H11N3O/c1-9(2)4-5-17-8-16-11-6-10(14(15)18)7-12(19-3)13(11)17;1-3-10-6(7(8)11)4-5(2)9-10/h6-9H,4-5H2,1-3H3,(H2,15,18);4H,3H2,1-2H3,(H2,8,11). The van der Waals surface area contributed by atoms with Gasteiger partial charge < -0.3 is 20.8 Å². The molecular weight excluding hydrogens is 384 g/mol. The zero-order chi connectivity index (χ0) is 22.4. The first kappa shape index (κ1) is 22.9. The third-order valence-corrected chi connectivity index (χ3v) is 4.58. The maximum atomic E-state index is 11.3. The van der Waals surface area contributed by atoms with Crippen LogP contribution in [0.1, 0.15) is 53.7 Å². The van der Waals surface area contributed by atoms with Crippen molar-refractivity contribution in [2.75, 3.05) is 7.11 Å². The number of carbonyl (C=O) groups excluding carboxylic acids is 2. The fraction of sp³-hybridized carbons (Fsp3) is 0.429. The Balaban J connectivity index is 0.000000248. The molecule has 2 heterocycles. The minimum absolute atomic E-state index is 0.415. The summed E-state index contributed by atoms with van der Waals surface area (Å²) in [5.74, 6) is 0.352. The zero-order valence-electron chi connectivity index (χ0n) is 18.2. The summed E-state index contributed by atoms with van der Waals surface area (Å²) < 4.78 is 9.00. The Bertz CT molecular complexity index is 1030. The molecule has 1 aromatic carbocycles. The van der Waals surface area contributed by atoms with E-state index in [0.29, 0.717) is 29.5 Å². The van der Waals surface area contributed by atoms with Crippen molar-refractivity contribution in [1.82, 2.24) is 19.3 Å². The maximum Gasteiger partial charge on any atom is 0.266 e. The summed E-state index contributed by atoms with van der Waals surface area (Å²) in [5.41, 5.74) is 13.8. The van der Waals surface area contributed by atoms with Crippen molar-refractivity contribution in [3.8, 4) is 5.75 Å². The van der Waals surface area contributed by atoms with Gasteiger partial charge in [-0.2, -0.15) is 5.10 Å². The van der Waals surface area contributed by atoms with E-state index in [9.17, 15) is 9.59 Å². The van der Waals surface area contributed by atoms with E-state index in [2.05, 4.69) is 28.5 Å². The molecule has 0 radical (unpaired) electrons. The molecule has 0 fully saturated rings. The molecule has 0 aliphatic carbocycles. The number of rotatable bonds is 7. The summed E-state index contributed by atoms with van der Waals surface area (Å²) in [6, 6.07) is 5.05. The van der Waals surface area contributed by atoms with Crippen LogP contribution >= 0.6 is 0 Å². The Labute approximate surface area is 176 Å². The van der Waals surface area contributed by atoms with Gasteiger partial charge in [-0.25, -0.2) is 4.98 Å². The van der Waals surface area contributed by atoms with E-state index in [0.717, 1.165) is 29.7 Å². The van der Waals surface area contributed by atoms with Gasteiger partial charge in [0.25, 0.3) is 5.91 Å². The summed E-state index contributed by atoms with van der Waals surface area (Å²) >= 11 is 0. The first-order valence-electron chi connectivity index (χ1n) is 9.84. The van der Waals surface area contributed by atoms with Crippen LogP contribution in [0.5, 0.6) is 5.75 Å². The fourth-order valence-electron chi connectivity index (χ4n) is 3.02. The molecule has 0 atom stereocenters. The average molecular weight is 415 g/mol. The van der Waals surface area contributed by atoms with Gasteiger partial charge in [0, 0.05) is 18.7 Å². The summed E-state index contributed by atoms with van der Waals surface area (Å²) in [6.07, 6.45) is 2.84. The SMILES string of the molecule is CCn1nc(C)cc1C(N)=O.COc1cc(C(N)=O)cc2ncn(CCC(C)C)c12. The highest BCUT2D eigenvalue weighted by atomic mass is 16.5. The van der Waals surface area contributed by atoms with Crippen molar-refractivity contribution >= 4 is 22.8 Å². The lowest BCUT2D eigenvalue weighted by Gasteiger charge is -2.10. The van der Waals surface area contributed by atoms with E-state index in [1.165, 1.54) is 0 Å². The minimum Gasteiger partial charge on any atom is -0.494 e. The van der Waals surface area contributed by atoms with Crippen LogP contribution < -0.4 is 16.2 Å². The van der Waals surface area contributed by atoms with Crippen LogP contribution in [0.25, 0.3) is 11.0 Å². The number of ether oxygens (including phenoxy) is 1. The Morgan fingerprint density at radius 2 is 1.87 bits per heavy atom. The second kappa shape index (κ2) is 9.91. The number of hydrogen-bond donors (Lipinski definition) is 2. The second-order valence-electron chi connectivity index (χ2n) is 7.38. The van der Waals surface area contributed by atoms with Crippen molar-refractivity contribution in [3.63, 3.8) is 0 Å². The van der Waals surface area contributed by atoms with E-state index >= 15 is 0 Å². The monoisotopic (exact) mass is 414 g/mol. The number of aromatic nitrogens is 4. The average Bonchev–Trinajstić information content (AvgIpc) is 3.29. The van der Waals surface area contributed by atoms with E-state index in [1.807, 2.05) is 13.8 Å². The van der Waals surface area contributed by atoms with Crippen LogP contribution in [-0.4, -0.2) is 38.3 Å². The number of carbonyl (C=O) groups is 2.